The number of hydrogen-bond acceptors (Lipinski definition) is 2. The highest BCUT2D eigenvalue weighted by Crippen LogP contribution is 2.45. The van der Waals surface area contributed by atoms with Crippen LogP contribution in [0, 0.1) is 5.41 Å². The normalized spacial score (nSPS) is 15.0. The Balaban J connectivity index is 1.62. The lowest BCUT2D eigenvalue weighted by molar-refractivity contribution is -0.125. The molecule has 3 aromatic rings. The van der Waals surface area contributed by atoms with Crippen LogP contribution < -0.4 is 5.32 Å². The average molecular weight is 374 g/mol. The summed E-state index contributed by atoms with van der Waals surface area (Å²) in [6, 6.07) is 17.5. The van der Waals surface area contributed by atoms with Crippen molar-refractivity contribution in [1.82, 2.24) is 9.88 Å². The molecule has 2 aromatic carbocycles. The molecule has 1 aliphatic rings. The van der Waals surface area contributed by atoms with Crippen LogP contribution in [-0.2, 0) is 11.3 Å². The quantitative estimate of drug-likeness (QED) is 0.633. The summed E-state index contributed by atoms with van der Waals surface area (Å²) in [5.74, 6) is -0.0128. The van der Waals surface area contributed by atoms with Crippen LogP contribution in [0.3, 0.4) is 0 Å². The van der Waals surface area contributed by atoms with Gasteiger partial charge in [0.1, 0.15) is 0 Å². The Morgan fingerprint density at radius 2 is 1.79 bits per heavy atom. The Morgan fingerprint density at radius 3 is 2.46 bits per heavy atom. The van der Waals surface area contributed by atoms with Gasteiger partial charge in [-0.3, -0.25) is 4.79 Å². The Kier molecular flexibility index (Phi) is 4.51. The highest BCUT2D eigenvalue weighted by atomic mass is 16.4. The number of carboxylic acid groups (broad SMARTS) is 1. The number of benzene rings is 2. The molecule has 0 atom stereocenters. The van der Waals surface area contributed by atoms with Gasteiger partial charge in [-0.1, -0.05) is 61.5 Å². The lowest BCUT2D eigenvalue weighted by Gasteiger charge is -2.10. The standard InChI is InChI=1S/C23H22N2O3/c1-23(11-12-23)21(26)24-15-19-14-18-10-9-17(13-20(18)25(19)22(27)28)8-7-16-5-3-2-4-6-16/h2-10,13-14H,11-12,15H2,1H3,(H,24,26)(H,27,28)/b8-7+. The van der Waals surface area contributed by atoms with Crippen LogP contribution in [0.25, 0.3) is 23.1 Å². The maximum Gasteiger partial charge on any atom is 0.416 e. The summed E-state index contributed by atoms with van der Waals surface area (Å²) in [7, 11) is 0. The summed E-state index contributed by atoms with van der Waals surface area (Å²) < 4.78 is 1.25. The zero-order valence-corrected chi connectivity index (χ0v) is 15.7. The fourth-order valence-corrected chi connectivity index (χ4v) is 3.29. The highest BCUT2D eigenvalue weighted by Gasteiger charge is 2.44. The lowest BCUT2D eigenvalue weighted by Crippen LogP contribution is -2.31. The molecule has 5 nitrogen and oxygen atoms in total. The van der Waals surface area contributed by atoms with E-state index in [2.05, 4.69) is 5.32 Å². The van der Waals surface area contributed by atoms with Gasteiger partial charge in [0.05, 0.1) is 12.1 Å². The second-order valence-corrected chi connectivity index (χ2v) is 7.56. The summed E-state index contributed by atoms with van der Waals surface area (Å²) in [5.41, 5.74) is 2.88. The third-order valence-electron chi connectivity index (χ3n) is 5.34. The summed E-state index contributed by atoms with van der Waals surface area (Å²) in [5, 5.41) is 13.4. The first-order valence-corrected chi connectivity index (χ1v) is 9.35. The van der Waals surface area contributed by atoms with E-state index < -0.39 is 6.09 Å². The van der Waals surface area contributed by atoms with E-state index in [4.69, 9.17) is 0 Å². The van der Waals surface area contributed by atoms with Crippen molar-refractivity contribution < 1.29 is 14.7 Å². The van der Waals surface area contributed by atoms with E-state index in [0.29, 0.717) is 11.2 Å². The topological polar surface area (TPSA) is 71.3 Å². The molecule has 0 aliphatic heterocycles. The number of carbonyl (C=O) groups excluding carboxylic acids is 1. The molecule has 1 saturated carbocycles. The molecule has 0 radical (unpaired) electrons. The van der Waals surface area contributed by atoms with Crippen molar-refractivity contribution in [3.63, 3.8) is 0 Å². The monoisotopic (exact) mass is 374 g/mol. The third-order valence-corrected chi connectivity index (χ3v) is 5.34. The molecular formula is C23H22N2O3. The van der Waals surface area contributed by atoms with Crippen LogP contribution in [-0.4, -0.2) is 21.7 Å². The molecule has 0 unspecified atom stereocenters. The first-order valence-electron chi connectivity index (χ1n) is 9.35. The first kappa shape index (κ1) is 18.0. The summed E-state index contributed by atoms with van der Waals surface area (Å²) in [6.07, 6.45) is 4.67. The van der Waals surface area contributed by atoms with Crippen LogP contribution in [0.2, 0.25) is 0 Å². The summed E-state index contributed by atoms with van der Waals surface area (Å²) >= 11 is 0. The maximum atomic E-state index is 12.2. The number of nitrogens with zero attached hydrogens (tertiary/aromatic N) is 1. The van der Waals surface area contributed by atoms with E-state index in [1.165, 1.54) is 4.57 Å². The largest absolute Gasteiger partial charge is 0.464 e. The van der Waals surface area contributed by atoms with Crippen LogP contribution in [0.4, 0.5) is 4.79 Å². The number of aromatic nitrogens is 1. The molecule has 1 amide bonds. The van der Waals surface area contributed by atoms with Crippen LogP contribution in [0.5, 0.6) is 0 Å². The predicted molar refractivity (Wildman–Crippen MR) is 110 cm³/mol. The Morgan fingerprint density at radius 1 is 1.07 bits per heavy atom. The fourth-order valence-electron chi connectivity index (χ4n) is 3.29. The van der Waals surface area contributed by atoms with Gasteiger partial charge < -0.3 is 10.4 Å². The van der Waals surface area contributed by atoms with Crippen molar-refractivity contribution in [3.8, 4) is 0 Å². The number of carbonyl (C=O) groups is 2. The zero-order chi connectivity index (χ0) is 19.7. The molecule has 0 saturated heterocycles. The summed E-state index contributed by atoms with van der Waals surface area (Å²) in [6.45, 7) is 2.13. The zero-order valence-electron chi connectivity index (χ0n) is 15.7. The Hall–Kier alpha value is -3.34. The molecule has 0 bridgehead atoms. The van der Waals surface area contributed by atoms with Gasteiger partial charge in [0.25, 0.3) is 0 Å². The van der Waals surface area contributed by atoms with Gasteiger partial charge in [-0.25, -0.2) is 9.36 Å². The Bertz CT molecular complexity index is 1080. The molecule has 1 fully saturated rings. The molecule has 4 rings (SSSR count). The van der Waals surface area contributed by atoms with Gasteiger partial charge in [-0.2, -0.15) is 0 Å². The van der Waals surface area contributed by atoms with Gasteiger partial charge >= 0.3 is 6.09 Å². The minimum Gasteiger partial charge on any atom is -0.464 e. The molecule has 2 N–H and O–H groups in total. The molecule has 142 valence electrons. The van der Waals surface area contributed by atoms with Crippen LogP contribution >= 0.6 is 0 Å². The molecule has 1 aliphatic carbocycles. The molecular weight excluding hydrogens is 352 g/mol. The van der Waals surface area contributed by atoms with Gasteiger partial charge in [0, 0.05) is 16.5 Å². The van der Waals surface area contributed by atoms with Crippen molar-refractivity contribution >= 4 is 35.1 Å². The van der Waals surface area contributed by atoms with Crippen LogP contribution in [0.1, 0.15) is 36.6 Å². The molecule has 28 heavy (non-hydrogen) atoms. The first-order chi connectivity index (χ1) is 13.5. The van der Waals surface area contributed by atoms with Crippen molar-refractivity contribution in [1.29, 1.82) is 0 Å². The SMILES string of the molecule is CC1(C(=O)NCc2cc3ccc(/C=C/c4ccccc4)cc3n2C(=O)O)CC1. The fraction of sp³-hybridized carbons (Fsp3) is 0.217. The molecule has 1 aromatic heterocycles. The van der Waals surface area contributed by atoms with Crippen LogP contribution in [0.15, 0.2) is 54.6 Å². The van der Waals surface area contributed by atoms with Gasteiger partial charge in [-0.05, 0) is 36.1 Å². The van der Waals surface area contributed by atoms with Crippen molar-refractivity contribution in [2.75, 3.05) is 0 Å². The smallest absolute Gasteiger partial charge is 0.416 e. The third kappa shape index (κ3) is 3.56. The van der Waals surface area contributed by atoms with E-state index in [-0.39, 0.29) is 17.9 Å². The van der Waals surface area contributed by atoms with E-state index in [1.807, 2.05) is 73.7 Å². The molecule has 0 spiro atoms. The van der Waals surface area contributed by atoms with Crippen molar-refractivity contribution in [3.05, 3.63) is 71.4 Å². The highest BCUT2D eigenvalue weighted by molar-refractivity contribution is 5.92. The van der Waals surface area contributed by atoms with Crippen molar-refractivity contribution in [2.45, 2.75) is 26.3 Å². The maximum absolute atomic E-state index is 12.2. The summed E-state index contributed by atoms with van der Waals surface area (Å²) in [4.78, 5) is 24.1. The molecule has 5 heteroatoms. The number of amides is 1. The van der Waals surface area contributed by atoms with Gasteiger partial charge in [0.2, 0.25) is 5.91 Å². The lowest BCUT2D eigenvalue weighted by atomic mass is 10.1. The van der Waals surface area contributed by atoms with E-state index in [1.54, 1.807) is 0 Å². The van der Waals surface area contributed by atoms with Crippen molar-refractivity contribution in [2.24, 2.45) is 5.41 Å². The number of nitrogens with one attached hydrogen (secondary N) is 1. The minimum absolute atomic E-state index is 0.0128. The predicted octanol–water partition coefficient (Wildman–Crippen LogP) is 4.75. The average Bonchev–Trinajstić information content (AvgIpc) is 3.34. The van der Waals surface area contributed by atoms with Gasteiger partial charge in [-0.15, -0.1) is 0 Å². The van der Waals surface area contributed by atoms with Gasteiger partial charge in [0.15, 0.2) is 0 Å². The number of fused-ring (bicyclic) bond motifs is 1. The second-order valence-electron chi connectivity index (χ2n) is 7.56. The Labute approximate surface area is 163 Å². The van der Waals surface area contributed by atoms with E-state index in [0.717, 1.165) is 29.4 Å². The number of rotatable bonds is 5. The van der Waals surface area contributed by atoms with E-state index in [9.17, 15) is 14.7 Å². The van der Waals surface area contributed by atoms with E-state index >= 15 is 0 Å². The molecule has 1 heterocycles. The minimum atomic E-state index is -1.05. The second kappa shape index (κ2) is 7.00. The number of hydrogen-bond donors (Lipinski definition) is 2.